The van der Waals surface area contributed by atoms with Crippen LogP contribution in [0.4, 0.5) is 5.69 Å². The summed E-state index contributed by atoms with van der Waals surface area (Å²) in [5.41, 5.74) is 3.67. The van der Waals surface area contributed by atoms with Gasteiger partial charge in [-0.25, -0.2) is 9.50 Å². The SMILES string of the molecule is O=C(NC(CCN1CCCCC1)c1cc(NSC2CC2)ccn1)c1ncc(-c2cnn3ccc(Cl)cc23)s1. The predicted molar refractivity (Wildman–Crippen MR) is 155 cm³/mol. The fraction of sp³-hybridized carbons (Fsp3) is 0.407. The molecule has 0 spiro atoms. The number of thiazole rings is 1. The van der Waals surface area contributed by atoms with Gasteiger partial charge in [0.05, 0.1) is 28.3 Å². The molecule has 1 saturated heterocycles. The maximum atomic E-state index is 13.4. The number of pyridine rings is 2. The Balaban J connectivity index is 1.20. The number of amides is 1. The van der Waals surface area contributed by atoms with Crippen LogP contribution in [0.3, 0.4) is 0 Å². The summed E-state index contributed by atoms with van der Waals surface area (Å²) in [5, 5.41) is 9.40. The number of hydrogen-bond acceptors (Lipinski definition) is 8. The van der Waals surface area contributed by atoms with Gasteiger partial charge < -0.3 is 14.9 Å². The first kappa shape index (κ1) is 25.6. The van der Waals surface area contributed by atoms with Gasteiger partial charge in [0.1, 0.15) is 0 Å². The Morgan fingerprint density at radius 1 is 1.16 bits per heavy atom. The normalized spacial score (nSPS) is 17.0. The molecule has 2 aliphatic rings. The van der Waals surface area contributed by atoms with Crippen molar-refractivity contribution in [3.05, 3.63) is 64.8 Å². The Bertz CT molecular complexity index is 1410. The number of nitrogens with one attached hydrogen (secondary N) is 2. The van der Waals surface area contributed by atoms with Gasteiger partial charge in [-0.05, 0) is 81.4 Å². The van der Waals surface area contributed by atoms with E-state index in [0.29, 0.717) is 15.3 Å². The summed E-state index contributed by atoms with van der Waals surface area (Å²) in [5.74, 6) is -0.188. The number of halogens is 1. The van der Waals surface area contributed by atoms with Crippen LogP contribution >= 0.6 is 34.9 Å². The molecule has 5 heterocycles. The van der Waals surface area contributed by atoms with E-state index in [4.69, 9.17) is 11.6 Å². The van der Waals surface area contributed by atoms with E-state index in [0.717, 1.165) is 53.4 Å². The van der Waals surface area contributed by atoms with Crippen LogP contribution in [0.1, 0.15) is 60.1 Å². The average Bonchev–Trinajstić information content (AvgIpc) is 3.48. The van der Waals surface area contributed by atoms with Crippen LogP contribution in [-0.4, -0.2) is 55.3 Å². The number of carbonyl (C=O) groups is 1. The van der Waals surface area contributed by atoms with Crippen molar-refractivity contribution >= 4 is 52.0 Å². The first-order chi connectivity index (χ1) is 18.6. The molecule has 11 heteroatoms. The van der Waals surface area contributed by atoms with E-state index in [9.17, 15) is 4.79 Å². The highest BCUT2D eigenvalue weighted by atomic mass is 35.5. The number of nitrogens with zero attached hydrogens (tertiary/aromatic N) is 5. The molecule has 1 amide bonds. The third kappa shape index (κ3) is 6.14. The summed E-state index contributed by atoms with van der Waals surface area (Å²) < 4.78 is 5.23. The zero-order chi connectivity index (χ0) is 25.9. The van der Waals surface area contributed by atoms with Crippen LogP contribution in [0.15, 0.2) is 49.1 Å². The molecule has 2 N–H and O–H groups in total. The largest absolute Gasteiger partial charge is 0.342 e. The number of anilines is 1. The minimum atomic E-state index is -0.208. The van der Waals surface area contributed by atoms with E-state index in [1.807, 2.05) is 24.5 Å². The van der Waals surface area contributed by atoms with Crippen molar-refractivity contribution in [1.29, 1.82) is 0 Å². The summed E-state index contributed by atoms with van der Waals surface area (Å²) >= 11 is 9.34. The summed E-state index contributed by atoms with van der Waals surface area (Å²) in [4.78, 5) is 25.9. The average molecular weight is 568 g/mol. The lowest BCUT2D eigenvalue weighted by atomic mass is 10.1. The van der Waals surface area contributed by atoms with Crippen LogP contribution in [-0.2, 0) is 0 Å². The fourth-order valence-corrected chi connectivity index (χ4v) is 6.50. The lowest BCUT2D eigenvalue weighted by Gasteiger charge is -2.28. The number of rotatable bonds is 10. The molecule has 0 radical (unpaired) electrons. The second kappa shape index (κ2) is 11.6. The first-order valence-electron chi connectivity index (χ1n) is 13.1. The van der Waals surface area contributed by atoms with Crippen LogP contribution in [0.2, 0.25) is 5.02 Å². The lowest BCUT2D eigenvalue weighted by Crippen LogP contribution is -2.35. The highest BCUT2D eigenvalue weighted by Crippen LogP contribution is 2.35. The number of aromatic nitrogens is 4. The van der Waals surface area contributed by atoms with Crippen LogP contribution < -0.4 is 10.0 Å². The second-order valence-corrected chi connectivity index (χ2v) is 12.4. The summed E-state index contributed by atoms with van der Waals surface area (Å²) in [6.07, 6.45) is 14.3. The minimum Gasteiger partial charge on any atom is -0.342 e. The van der Waals surface area contributed by atoms with Gasteiger partial charge in [0.25, 0.3) is 5.91 Å². The molecule has 0 aromatic carbocycles. The Hall–Kier alpha value is -2.66. The molecule has 4 aromatic rings. The predicted octanol–water partition coefficient (Wildman–Crippen LogP) is 6.08. The number of fused-ring (bicyclic) bond motifs is 1. The molecule has 2 fully saturated rings. The zero-order valence-electron chi connectivity index (χ0n) is 21.0. The van der Waals surface area contributed by atoms with Gasteiger partial charge in [-0.3, -0.25) is 9.78 Å². The molecule has 4 aromatic heterocycles. The molecule has 1 unspecified atom stereocenters. The van der Waals surface area contributed by atoms with Crippen molar-refractivity contribution in [2.75, 3.05) is 24.4 Å². The monoisotopic (exact) mass is 567 g/mol. The van der Waals surface area contributed by atoms with Crippen molar-refractivity contribution in [3.63, 3.8) is 0 Å². The van der Waals surface area contributed by atoms with E-state index in [1.165, 1.54) is 43.4 Å². The third-order valence-corrected chi connectivity index (χ3v) is 9.37. The molecular formula is C27H30ClN7OS2. The maximum absolute atomic E-state index is 13.4. The standard InChI is InChI=1S/C27H30ClN7OS2/c28-18-7-13-35-24(14-18)21(16-31-35)25-17-30-27(37-25)26(36)32-22(8-12-34-10-2-1-3-11-34)23-15-19(6-9-29-23)33-38-20-4-5-20/h6-7,9,13-17,20,22H,1-5,8,10-12H2,(H,29,33)(H,32,36). The van der Waals surface area contributed by atoms with Gasteiger partial charge >= 0.3 is 0 Å². The van der Waals surface area contributed by atoms with Crippen LogP contribution in [0.25, 0.3) is 16.0 Å². The van der Waals surface area contributed by atoms with Crippen LogP contribution in [0, 0.1) is 0 Å². The summed E-state index contributed by atoms with van der Waals surface area (Å²) in [6, 6.07) is 7.50. The molecule has 38 heavy (non-hydrogen) atoms. The Morgan fingerprint density at radius 3 is 2.87 bits per heavy atom. The molecular weight excluding hydrogens is 538 g/mol. The quantitative estimate of drug-likeness (QED) is 0.225. The third-order valence-electron chi connectivity index (χ3n) is 6.94. The fourth-order valence-electron chi connectivity index (χ4n) is 4.70. The number of likely N-dealkylation sites (tertiary alicyclic amines) is 1. The smallest absolute Gasteiger partial charge is 0.280 e. The number of carbonyl (C=O) groups excluding carboxylic acids is 1. The van der Waals surface area contributed by atoms with E-state index >= 15 is 0 Å². The Labute approximate surface area is 235 Å². The van der Waals surface area contributed by atoms with Gasteiger partial charge in [-0.2, -0.15) is 5.10 Å². The summed E-state index contributed by atoms with van der Waals surface area (Å²) in [6.45, 7) is 3.16. The molecule has 6 rings (SSSR count). The molecule has 198 valence electrons. The Morgan fingerprint density at radius 2 is 2.03 bits per heavy atom. The molecule has 1 aliphatic heterocycles. The number of piperidine rings is 1. The van der Waals surface area contributed by atoms with E-state index in [2.05, 4.69) is 36.1 Å². The van der Waals surface area contributed by atoms with Gasteiger partial charge in [-0.15, -0.1) is 11.3 Å². The molecule has 1 aliphatic carbocycles. The van der Waals surface area contributed by atoms with Crippen molar-refractivity contribution in [1.82, 2.24) is 29.8 Å². The molecule has 0 bridgehead atoms. The van der Waals surface area contributed by atoms with Crippen molar-refractivity contribution in [2.45, 2.75) is 49.8 Å². The highest BCUT2D eigenvalue weighted by Gasteiger charge is 2.24. The molecule has 1 saturated carbocycles. The molecule has 8 nitrogen and oxygen atoms in total. The highest BCUT2D eigenvalue weighted by molar-refractivity contribution is 8.01. The first-order valence-corrected chi connectivity index (χ1v) is 15.2. The van der Waals surface area contributed by atoms with Crippen LogP contribution in [0.5, 0.6) is 0 Å². The Kier molecular flexibility index (Phi) is 7.82. The second-order valence-electron chi connectivity index (χ2n) is 9.87. The maximum Gasteiger partial charge on any atom is 0.280 e. The van der Waals surface area contributed by atoms with Gasteiger partial charge in [0.2, 0.25) is 0 Å². The topological polar surface area (TPSA) is 87.5 Å². The van der Waals surface area contributed by atoms with Gasteiger partial charge in [0.15, 0.2) is 5.01 Å². The van der Waals surface area contributed by atoms with E-state index < -0.39 is 0 Å². The number of hydrogen-bond donors (Lipinski definition) is 2. The molecule has 1 atom stereocenters. The van der Waals surface area contributed by atoms with Crippen molar-refractivity contribution in [2.24, 2.45) is 0 Å². The lowest BCUT2D eigenvalue weighted by molar-refractivity contribution is 0.0928. The van der Waals surface area contributed by atoms with Crippen molar-refractivity contribution < 1.29 is 4.79 Å². The van der Waals surface area contributed by atoms with Gasteiger partial charge in [0, 0.05) is 46.7 Å². The van der Waals surface area contributed by atoms with Gasteiger partial charge in [-0.1, -0.05) is 18.0 Å². The summed E-state index contributed by atoms with van der Waals surface area (Å²) in [7, 11) is 0. The van der Waals surface area contributed by atoms with Crippen molar-refractivity contribution in [3.8, 4) is 10.4 Å². The van der Waals surface area contributed by atoms with E-state index in [1.54, 1.807) is 34.9 Å². The minimum absolute atomic E-state index is 0.188. The zero-order valence-corrected chi connectivity index (χ0v) is 23.4. The van der Waals surface area contributed by atoms with E-state index in [-0.39, 0.29) is 11.9 Å².